The van der Waals surface area contributed by atoms with Gasteiger partial charge in [-0.2, -0.15) is 0 Å². The average molecular weight is 205 g/mol. The monoisotopic (exact) mass is 205 g/mol. The summed E-state index contributed by atoms with van der Waals surface area (Å²) in [4.78, 5) is 8.46. The number of nitrogens with one attached hydrogen (secondary N) is 1. The van der Waals surface area contributed by atoms with E-state index in [9.17, 15) is 0 Å². The summed E-state index contributed by atoms with van der Waals surface area (Å²) in [6.45, 7) is 5.34. The molecule has 15 heavy (non-hydrogen) atoms. The second-order valence-corrected chi connectivity index (χ2v) is 4.64. The highest BCUT2D eigenvalue weighted by atomic mass is 15.0. The Labute approximate surface area is 91.3 Å². The SMILES string of the molecule is CC(C)c1cc(NCCC2CC2)ncn1. The van der Waals surface area contributed by atoms with Gasteiger partial charge in [0.15, 0.2) is 0 Å². The van der Waals surface area contributed by atoms with Crippen molar-refractivity contribution in [1.82, 2.24) is 9.97 Å². The van der Waals surface area contributed by atoms with E-state index in [1.165, 1.54) is 19.3 Å². The van der Waals surface area contributed by atoms with Gasteiger partial charge in [-0.15, -0.1) is 0 Å². The van der Waals surface area contributed by atoms with Crippen molar-refractivity contribution in [2.75, 3.05) is 11.9 Å². The smallest absolute Gasteiger partial charge is 0.129 e. The van der Waals surface area contributed by atoms with Crippen molar-refractivity contribution in [3.05, 3.63) is 18.1 Å². The van der Waals surface area contributed by atoms with Gasteiger partial charge in [-0.05, 0) is 18.3 Å². The van der Waals surface area contributed by atoms with E-state index in [4.69, 9.17) is 0 Å². The summed E-state index contributed by atoms with van der Waals surface area (Å²) in [6.07, 6.45) is 5.77. The Morgan fingerprint density at radius 2 is 2.20 bits per heavy atom. The molecule has 0 atom stereocenters. The van der Waals surface area contributed by atoms with E-state index in [2.05, 4.69) is 35.2 Å². The average Bonchev–Trinajstić information content (AvgIpc) is 3.02. The van der Waals surface area contributed by atoms with Crippen LogP contribution in [0.25, 0.3) is 0 Å². The normalized spacial score (nSPS) is 15.7. The molecule has 1 aromatic rings. The van der Waals surface area contributed by atoms with E-state index in [1.54, 1.807) is 6.33 Å². The Morgan fingerprint density at radius 1 is 1.40 bits per heavy atom. The zero-order chi connectivity index (χ0) is 10.7. The number of rotatable bonds is 5. The van der Waals surface area contributed by atoms with Crippen LogP contribution in [0.3, 0.4) is 0 Å². The Morgan fingerprint density at radius 3 is 2.87 bits per heavy atom. The molecule has 0 unspecified atom stereocenters. The molecule has 1 fully saturated rings. The Hall–Kier alpha value is -1.12. The largest absolute Gasteiger partial charge is 0.370 e. The number of hydrogen-bond donors (Lipinski definition) is 1. The second kappa shape index (κ2) is 4.60. The third-order valence-electron chi connectivity index (χ3n) is 2.84. The lowest BCUT2D eigenvalue weighted by Crippen LogP contribution is -2.05. The van der Waals surface area contributed by atoms with Gasteiger partial charge in [-0.1, -0.05) is 26.7 Å². The van der Waals surface area contributed by atoms with Crippen molar-refractivity contribution in [1.29, 1.82) is 0 Å². The molecule has 0 aromatic carbocycles. The van der Waals surface area contributed by atoms with Gasteiger partial charge in [-0.25, -0.2) is 9.97 Å². The fourth-order valence-electron chi connectivity index (χ4n) is 1.60. The molecule has 1 N–H and O–H groups in total. The molecule has 1 saturated carbocycles. The molecule has 0 amide bonds. The van der Waals surface area contributed by atoms with Crippen LogP contribution >= 0.6 is 0 Å². The third kappa shape index (κ3) is 3.18. The lowest BCUT2D eigenvalue weighted by atomic mass is 10.1. The van der Waals surface area contributed by atoms with E-state index in [0.717, 1.165) is 24.0 Å². The summed E-state index contributed by atoms with van der Waals surface area (Å²) in [6, 6.07) is 2.05. The molecule has 1 heterocycles. The lowest BCUT2D eigenvalue weighted by molar-refractivity contribution is 0.756. The minimum absolute atomic E-state index is 0.469. The number of nitrogens with zero attached hydrogens (tertiary/aromatic N) is 2. The summed E-state index contributed by atoms with van der Waals surface area (Å²) >= 11 is 0. The Kier molecular flexibility index (Phi) is 3.19. The van der Waals surface area contributed by atoms with Crippen LogP contribution in [0.15, 0.2) is 12.4 Å². The molecule has 0 bridgehead atoms. The minimum Gasteiger partial charge on any atom is -0.370 e. The van der Waals surface area contributed by atoms with Crippen LogP contribution < -0.4 is 5.32 Å². The maximum absolute atomic E-state index is 4.24. The van der Waals surface area contributed by atoms with Crippen LogP contribution in [0.2, 0.25) is 0 Å². The van der Waals surface area contributed by atoms with E-state index >= 15 is 0 Å². The summed E-state index contributed by atoms with van der Waals surface area (Å²) in [5.41, 5.74) is 1.11. The fourth-order valence-corrected chi connectivity index (χ4v) is 1.60. The standard InChI is InChI=1S/C12H19N3/c1-9(2)11-7-12(15-8-14-11)13-6-5-10-3-4-10/h7-10H,3-6H2,1-2H3,(H,13,14,15). The number of aromatic nitrogens is 2. The fraction of sp³-hybridized carbons (Fsp3) is 0.667. The Balaban J connectivity index is 1.86. The van der Waals surface area contributed by atoms with Crippen molar-refractivity contribution in [3.8, 4) is 0 Å². The molecule has 82 valence electrons. The van der Waals surface area contributed by atoms with E-state index in [1.807, 2.05) is 0 Å². The molecule has 3 nitrogen and oxygen atoms in total. The predicted molar refractivity (Wildman–Crippen MR) is 62.0 cm³/mol. The second-order valence-electron chi connectivity index (χ2n) is 4.64. The first-order valence-corrected chi connectivity index (χ1v) is 5.81. The van der Waals surface area contributed by atoms with Gasteiger partial charge in [0.2, 0.25) is 0 Å². The first-order chi connectivity index (χ1) is 7.25. The van der Waals surface area contributed by atoms with Crippen LogP contribution in [0.4, 0.5) is 5.82 Å². The zero-order valence-electron chi connectivity index (χ0n) is 9.53. The van der Waals surface area contributed by atoms with Crippen molar-refractivity contribution in [2.24, 2.45) is 5.92 Å². The highest BCUT2D eigenvalue weighted by molar-refractivity contribution is 5.35. The van der Waals surface area contributed by atoms with Crippen molar-refractivity contribution in [3.63, 3.8) is 0 Å². The number of anilines is 1. The summed E-state index contributed by atoms with van der Waals surface area (Å²) in [7, 11) is 0. The molecule has 1 aromatic heterocycles. The minimum atomic E-state index is 0.469. The highest BCUT2D eigenvalue weighted by Crippen LogP contribution is 2.32. The van der Waals surface area contributed by atoms with Gasteiger partial charge in [0.05, 0.1) is 0 Å². The van der Waals surface area contributed by atoms with Crippen LogP contribution in [-0.4, -0.2) is 16.5 Å². The van der Waals surface area contributed by atoms with Crippen LogP contribution in [-0.2, 0) is 0 Å². The van der Waals surface area contributed by atoms with E-state index in [-0.39, 0.29) is 0 Å². The molecule has 2 rings (SSSR count). The maximum Gasteiger partial charge on any atom is 0.129 e. The van der Waals surface area contributed by atoms with Crippen molar-refractivity contribution >= 4 is 5.82 Å². The van der Waals surface area contributed by atoms with Gasteiger partial charge < -0.3 is 5.32 Å². The lowest BCUT2D eigenvalue weighted by Gasteiger charge is -2.08. The van der Waals surface area contributed by atoms with Crippen molar-refractivity contribution < 1.29 is 0 Å². The summed E-state index contributed by atoms with van der Waals surface area (Å²) < 4.78 is 0. The van der Waals surface area contributed by atoms with Gasteiger partial charge >= 0.3 is 0 Å². The maximum atomic E-state index is 4.24. The number of hydrogen-bond acceptors (Lipinski definition) is 3. The van der Waals surface area contributed by atoms with Crippen LogP contribution in [0, 0.1) is 5.92 Å². The van der Waals surface area contributed by atoms with Gasteiger partial charge in [-0.3, -0.25) is 0 Å². The first-order valence-electron chi connectivity index (χ1n) is 5.81. The molecule has 1 aliphatic carbocycles. The van der Waals surface area contributed by atoms with Crippen LogP contribution in [0.5, 0.6) is 0 Å². The molecule has 1 aliphatic rings. The summed E-state index contributed by atoms with van der Waals surface area (Å²) in [5.74, 6) is 2.41. The molecule has 3 heteroatoms. The van der Waals surface area contributed by atoms with E-state index < -0.39 is 0 Å². The Bertz CT molecular complexity index is 318. The molecular formula is C12H19N3. The molecule has 0 spiro atoms. The summed E-state index contributed by atoms with van der Waals surface area (Å²) in [5, 5.41) is 3.36. The topological polar surface area (TPSA) is 37.8 Å². The molecular weight excluding hydrogens is 186 g/mol. The van der Waals surface area contributed by atoms with Crippen LogP contribution in [0.1, 0.15) is 44.7 Å². The molecule has 0 aliphatic heterocycles. The highest BCUT2D eigenvalue weighted by Gasteiger charge is 2.20. The zero-order valence-corrected chi connectivity index (χ0v) is 9.53. The van der Waals surface area contributed by atoms with E-state index in [0.29, 0.717) is 5.92 Å². The molecule has 0 radical (unpaired) electrons. The van der Waals surface area contributed by atoms with Gasteiger partial charge in [0.1, 0.15) is 12.1 Å². The first kappa shape index (κ1) is 10.4. The van der Waals surface area contributed by atoms with Gasteiger partial charge in [0.25, 0.3) is 0 Å². The quantitative estimate of drug-likeness (QED) is 0.803. The third-order valence-corrected chi connectivity index (χ3v) is 2.84. The predicted octanol–water partition coefficient (Wildman–Crippen LogP) is 2.81. The molecule has 0 saturated heterocycles. The van der Waals surface area contributed by atoms with Crippen molar-refractivity contribution in [2.45, 2.75) is 39.0 Å². The van der Waals surface area contributed by atoms with Gasteiger partial charge in [0, 0.05) is 18.3 Å².